The Morgan fingerprint density at radius 3 is 2.60 bits per heavy atom. The average Bonchev–Trinajstić information content (AvgIpc) is 2.79. The number of nitrogens with zero attached hydrogens (tertiary/aromatic N) is 2. The zero-order chi connectivity index (χ0) is 21.7. The van der Waals surface area contributed by atoms with Crippen molar-refractivity contribution in [2.24, 2.45) is 5.73 Å². The molecule has 3 rings (SSSR count). The summed E-state index contributed by atoms with van der Waals surface area (Å²) in [4.78, 5) is 53.2. The van der Waals surface area contributed by atoms with Gasteiger partial charge >= 0.3 is 0 Å². The van der Waals surface area contributed by atoms with E-state index in [2.05, 4.69) is 10.6 Å². The van der Waals surface area contributed by atoms with Crippen molar-refractivity contribution in [2.45, 2.75) is 24.9 Å². The van der Waals surface area contributed by atoms with Gasteiger partial charge in [-0.1, -0.05) is 0 Å². The van der Waals surface area contributed by atoms with Crippen LogP contribution in [0.3, 0.4) is 0 Å². The molecule has 0 aromatic heterocycles. The lowest BCUT2D eigenvalue weighted by molar-refractivity contribution is -0.138. The number of nitrogens with one attached hydrogen (secondary N) is 2. The van der Waals surface area contributed by atoms with Gasteiger partial charge in [-0.3, -0.25) is 19.2 Å². The van der Waals surface area contributed by atoms with Crippen LogP contribution in [0.1, 0.15) is 23.2 Å². The van der Waals surface area contributed by atoms with Crippen LogP contribution in [0.5, 0.6) is 5.75 Å². The molecule has 30 heavy (non-hydrogen) atoms. The fourth-order valence-electron chi connectivity index (χ4n) is 3.68. The number of piperazine rings is 1. The third kappa shape index (κ3) is 4.70. The Bertz CT molecular complexity index is 812. The number of hydrogen-bond acceptors (Lipinski definition) is 6. The molecular formula is C20H27N5O5. The lowest BCUT2D eigenvalue weighted by Gasteiger charge is -2.41. The molecule has 2 unspecified atom stereocenters. The first kappa shape index (κ1) is 21.6. The first-order valence-corrected chi connectivity index (χ1v) is 9.95. The van der Waals surface area contributed by atoms with Gasteiger partial charge in [-0.2, -0.15) is 0 Å². The first-order valence-electron chi connectivity index (χ1n) is 9.95. The highest BCUT2D eigenvalue weighted by Gasteiger charge is 2.38. The van der Waals surface area contributed by atoms with Crippen LogP contribution in [0.15, 0.2) is 24.3 Å². The van der Waals surface area contributed by atoms with E-state index in [1.807, 2.05) is 0 Å². The normalized spacial score (nSPS) is 21.6. The largest absolute Gasteiger partial charge is 0.497 e. The van der Waals surface area contributed by atoms with Crippen LogP contribution >= 0.6 is 0 Å². The van der Waals surface area contributed by atoms with Crippen molar-refractivity contribution in [1.82, 2.24) is 20.4 Å². The zero-order valence-electron chi connectivity index (χ0n) is 16.9. The van der Waals surface area contributed by atoms with Gasteiger partial charge in [-0.15, -0.1) is 0 Å². The second-order valence-corrected chi connectivity index (χ2v) is 7.28. The summed E-state index contributed by atoms with van der Waals surface area (Å²) in [7, 11) is 1.53. The molecule has 0 bridgehead atoms. The lowest BCUT2D eigenvalue weighted by atomic mass is 10.0. The fraction of sp³-hybridized carbons (Fsp3) is 0.500. The van der Waals surface area contributed by atoms with E-state index < -0.39 is 18.0 Å². The average molecular weight is 417 g/mol. The Labute approximate surface area is 174 Å². The number of carbonyl (C=O) groups is 4. The molecule has 4 amide bonds. The predicted octanol–water partition coefficient (Wildman–Crippen LogP) is -1.30. The van der Waals surface area contributed by atoms with Gasteiger partial charge in [0.05, 0.1) is 20.2 Å². The molecule has 2 aliphatic rings. The quantitative estimate of drug-likeness (QED) is 0.545. The smallest absolute Gasteiger partial charge is 0.254 e. The summed E-state index contributed by atoms with van der Waals surface area (Å²) in [6.45, 7) is 0.899. The van der Waals surface area contributed by atoms with Crippen LogP contribution in [-0.4, -0.2) is 85.3 Å². The summed E-state index contributed by atoms with van der Waals surface area (Å²) >= 11 is 0. The van der Waals surface area contributed by atoms with Gasteiger partial charge in [0, 0.05) is 25.2 Å². The van der Waals surface area contributed by atoms with Crippen molar-refractivity contribution in [1.29, 1.82) is 0 Å². The molecule has 1 aromatic rings. The van der Waals surface area contributed by atoms with E-state index in [0.717, 1.165) is 6.42 Å². The SMILES string of the molecule is COc1ccc(C(=O)N2CCN(C(=O)CN)CC2C(=O)NC2CCCNC2=O)cc1. The van der Waals surface area contributed by atoms with Crippen LogP contribution in [-0.2, 0) is 14.4 Å². The number of carbonyl (C=O) groups excluding carboxylic acids is 4. The maximum Gasteiger partial charge on any atom is 0.254 e. The summed E-state index contributed by atoms with van der Waals surface area (Å²) in [6.07, 6.45) is 1.29. The molecular weight excluding hydrogens is 390 g/mol. The maximum atomic E-state index is 13.1. The highest BCUT2D eigenvalue weighted by Crippen LogP contribution is 2.18. The van der Waals surface area contributed by atoms with E-state index in [1.54, 1.807) is 24.3 Å². The molecule has 1 aromatic carbocycles. The summed E-state index contributed by atoms with van der Waals surface area (Å²) in [5.74, 6) is -0.713. The first-order chi connectivity index (χ1) is 14.4. The highest BCUT2D eigenvalue weighted by molar-refractivity contribution is 5.99. The number of nitrogens with two attached hydrogens (primary N) is 1. The number of piperidine rings is 1. The molecule has 162 valence electrons. The van der Waals surface area contributed by atoms with Crippen LogP contribution < -0.4 is 21.1 Å². The Hall–Kier alpha value is -3.14. The van der Waals surface area contributed by atoms with Gasteiger partial charge < -0.3 is 30.9 Å². The molecule has 0 aliphatic carbocycles. The second kappa shape index (κ2) is 9.57. The summed E-state index contributed by atoms with van der Waals surface area (Å²) in [6, 6.07) is 5.03. The molecule has 10 heteroatoms. The molecule has 4 N–H and O–H groups in total. The number of ether oxygens (including phenoxy) is 1. The topological polar surface area (TPSA) is 134 Å². The summed E-state index contributed by atoms with van der Waals surface area (Å²) in [5, 5.41) is 5.46. The van der Waals surface area contributed by atoms with Crippen molar-refractivity contribution in [3.8, 4) is 5.75 Å². The van der Waals surface area contributed by atoms with Crippen molar-refractivity contribution in [3.05, 3.63) is 29.8 Å². The molecule has 2 saturated heterocycles. The summed E-state index contributed by atoms with van der Waals surface area (Å²) in [5.41, 5.74) is 5.87. The van der Waals surface area contributed by atoms with E-state index in [0.29, 0.717) is 24.3 Å². The molecule has 0 radical (unpaired) electrons. The van der Waals surface area contributed by atoms with Gasteiger partial charge in [0.1, 0.15) is 17.8 Å². The zero-order valence-corrected chi connectivity index (χ0v) is 16.9. The Morgan fingerprint density at radius 2 is 1.97 bits per heavy atom. The standard InChI is InChI=1S/C20H27N5O5/c1-30-14-6-4-13(5-7-14)20(29)25-10-9-24(17(26)11-21)12-16(25)19(28)23-15-3-2-8-22-18(15)27/h4-7,15-16H,2-3,8-12,21H2,1H3,(H,22,27)(H,23,28). The third-order valence-electron chi connectivity index (χ3n) is 5.41. The number of amides is 4. The van der Waals surface area contributed by atoms with Crippen LogP contribution in [0, 0.1) is 0 Å². The predicted molar refractivity (Wildman–Crippen MR) is 108 cm³/mol. The van der Waals surface area contributed by atoms with Gasteiger partial charge in [0.15, 0.2) is 0 Å². The van der Waals surface area contributed by atoms with Gasteiger partial charge in [0.25, 0.3) is 5.91 Å². The number of benzene rings is 1. The lowest BCUT2D eigenvalue weighted by Crippen LogP contribution is -2.64. The minimum Gasteiger partial charge on any atom is -0.497 e. The number of methoxy groups -OCH3 is 1. The van der Waals surface area contributed by atoms with E-state index in [1.165, 1.54) is 16.9 Å². The number of hydrogen-bond donors (Lipinski definition) is 3. The molecule has 2 fully saturated rings. The van der Waals surface area contributed by atoms with E-state index in [9.17, 15) is 19.2 Å². The third-order valence-corrected chi connectivity index (χ3v) is 5.41. The van der Waals surface area contributed by atoms with Crippen LogP contribution in [0.25, 0.3) is 0 Å². The van der Waals surface area contributed by atoms with Crippen molar-refractivity contribution in [2.75, 3.05) is 39.8 Å². The maximum absolute atomic E-state index is 13.1. The van der Waals surface area contributed by atoms with E-state index in [-0.39, 0.29) is 43.9 Å². The molecule has 0 saturated carbocycles. The Morgan fingerprint density at radius 1 is 1.23 bits per heavy atom. The monoisotopic (exact) mass is 417 g/mol. The van der Waals surface area contributed by atoms with Crippen molar-refractivity contribution in [3.63, 3.8) is 0 Å². The van der Waals surface area contributed by atoms with Crippen LogP contribution in [0.4, 0.5) is 0 Å². The van der Waals surface area contributed by atoms with Crippen molar-refractivity contribution < 1.29 is 23.9 Å². The number of rotatable bonds is 5. The Kier molecular flexibility index (Phi) is 6.88. The van der Waals surface area contributed by atoms with Crippen LogP contribution in [0.2, 0.25) is 0 Å². The minimum atomic E-state index is -0.918. The van der Waals surface area contributed by atoms with E-state index >= 15 is 0 Å². The molecule has 2 heterocycles. The summed E-state index contributed by atoms with van der Waals surface area (Å²) < 4.78 is 5.12. The van der Waals surface area contributed by atoms with Gasteiger partial charge in [-0.05, 0) is 37.1 Å². The van der Waals surface area contributed by atoms with Crippen molar-refractivity contribution >= 4 is 23.6 Å². The molecule has 0 spiro atoms. The molecule has 2 atom stereocenters. The second-order valence-electron chi connectivity index (χ2n) is 7.28. The van der Waals surface area contributed by atoms with Gasteiger partial charge in [-0.25, -0.2) is 0 Å². The van der Waals surface area contributed by atoms with Gasteiger partial charge in [0.2, 0.25) is 17.7 Å². The Balaban J connectivity index is 1.79. The highest BCUT2D eigenvalue weighted by atomic mass is 16.5. The molecule has 2 aliphatic heterocycles. The minimum absolute atomic E-state index is 0.0259. The fourth-order valence-corrected chi connectivity index (χ4v) is 3.68. The van der Waals surface area contributed by atoms with E-state index in [4.69, 9.17) is 10.5 Å². The molecule has 10 nitrogen and oxygen atoms in total.